The summed E-state index contributed by atoms with van der Waals surface area (Å²) < 4.78 is 7.78. The third-order valence-electron chi connectivity index (χ3n) is 3.03. The van der Waals surface area contributed by atoms with Crippen LogP contribution in [0, 0.1) is 18.6 Å². The standard InChI is InChI=1S/C12H12N4OS/c1-7-9(8(2)17-15-7)6-16-11-10(14-12(16)18)4-3-5-13-11/h3-5H,6H2,1-2H3,(H,14,18). The number of aromatic nitrogens is 4. The maximum Gasteiger partial charge on any atom is 0.179 e. The highest BCUT2D eigenvalue weighted by molar-refractivity contribution is 7.71. The van der Waals surface area contributed by atoms with E-state index in [0.717, 1.165) is 28.2 Å². The number of nitrogens with zero attached hydrogens (tertiary/aromatic N) is 3. The van der Waals surface area contributed by atoms with Gasteiger partial charge >= 0.3 is 0 Å². The molecule has 0 aromatic carbocycles. The molecule has 0 bridgehead atoms. The van der Waals surface area contributed by atoms with Crippen LogP contribution in [0.25, 0.3) is 11.2 Å². The van der Waals surface area contributed by atoms with Crippen molar-refractivity contribution in [2.45, 2.75) is 20.4 Å². The molecule has 3 heterocycles. The third kappa shape index (κ3) is 1.65. The van der Waals surface area contributed by atoms with Crippen LogP contribution in [-0.4, -0.2) is 19.7 Å². The van der Waals surface area contributed by atoms with Gasteiger partial charge in [-0.15, -0.1) is 0 Å². The van der Waals surface area contributed by atoms with Gasteiger partial charge in [0, 0.05) is 11.8 Å². The van der Waals surface area contributed by atoms with Crippen molar-refractivity contribution in [1.82, 2.24) is 19.7 Å². The molecular formula is C12H12N4OS. The summed E-state index contributed by atoms with van der Waals surface area (Å²) in [5.41, 5.74) is 3.73. The topological polar surface area (TPSA) is 59.6 Å². The predicted octanol–water partition coefficient (Wildman–Crippen LogP) is 2.75. The fraction of sp³-hybridized carbons (Fsp3) is 0.250. The molecule has 0 spiro atoms. The summed E-state index contributed by atoms with van der Waals surface area (Å²) in [5, 5.41) is 3.95. The average molecular weight is 260 g/mol. The molecule has 1 N–H and O–H groups in total. The number of hydrogen-bond donors (Lipinski definition) is 1. The minimum Gasteiger partial charge on any atom is -0.361 e. The van der Waals surface area contributed by atoms with E-state index in [0.29, 0.717) is 11.3 Å². The third-order valence-corrected chi connectivity index (χ3v) is 3.35. The molecule has 3 aromatic heterocycles. The number of H-pyrrole nitrogens is 1. The molecule has 0 radical (unpaired) electrons. The van der Waals surface area contributed by atoms with Crippen LogP contribution < -0.4 is 0 Å². The van der Waals surface area contributed by atoms with Crippen molar-refractivity contribution >= 4 is 23.4 Å². The van der Waals surface area contributed by atoms with Gasteiger partial charge in [-0.25, -0.2) is 4.98 Å². The maximum absolute atomic E-state index is 5.33. The summed E-state index contributed by atoms with van der Waals surface area (Å²) in [6, 6.07) is 3.84. The first-order valence-corrected chi connectivity index (χ1v) is 6.03. The van der Waals surface area contributed by atoms with Gasteiger partial charge in [0.05, 0.1) is 17.8 Å². The molecule has 0 unspecified atom stereocenters. The van der Waals surface area contributed by atoms with E-state index in [9.17, 15) is 0 Å². The van der Waals surface area contributed by atoms with Crippen LogP contribution in [-0.2, 0) is 6.54 Å². The van der Waals surface area contributed by atoms with Gasteiger partial charge in [-0.2, -0.15) is 0 Å². The van der Waals surface area contributed by atoms with Crippen molar-refractivity contribution in [2.75, 3.05) is 0 Å². The van der Waals surface area contributed by atoms with E-state index >= 15 is 0 Å². The van der Waals surface area contributed by atoms with Gasteiger partial charge in [-0.3, -0.25) is 4.57 Å². The molecule has 0 fully saturated rings. The van der Waals surface area contributed by atoms with E-state index in [-0.39, 0.29) is 0 Å². The second kappa shape index (κ2) is 4.06. The molecule has 0 aliphatic heterocycles. The number of rotatable bonds is 2. The Hall–Kier alpha value is -1.95. The highest BCUT2D eigenvalue weighted by atomic mass is 32.1. The normalized spacial score (nSPS) is 11.2. The number of hydrogen-bond acceptors (Lipinski definition) is 4. The second-order valence-corrected chi connectivity index (χ2v) is 4.58. The van der Waals surface area contributed by atoms with Crippen molar-refractivity contribution in [1.29, 1.82) is 0 Å². The molecule has 5 nitrogen and oxygen atoms in total. The van der Waals surface area contributed by atoms with Crippen LogP contribution in [0.1, 0.15) is 17.0 Å². The fourth-order valence-electron chi connectivity index (χ4n) is 2.02. The monoisotopic (exact) mass is 260 g/mol. The van der Waals surface area contributed by atoms with Gasteiger partial charge in [0.25, 0.3) is 0 Å². The smallest absolute Gasteiger partial charge is 0.179 e. The van der Waals surface area contributed by atoms with Gasteiger partial charge in [0.2, 0.25) is 0 Å². The molecular weight excluding hydrogens is 248 g/mol. The highest BCUT2D eigenvalue weighted by Crippen LogP contribution is 2.17. The minimum absolute atomic E-state index is 0.622. The zero-order valence-electron chi connectivity index (χ0n) is 10.1. The first-order chi connectivity index (χ1) is 8.66. The number of aromatic amines is 1. The fourth-order valence-corrected chi connectivity index (χ4v) is 2.28. The summed E-state index contributed by atoms with van der Waals surface area (Å²) in [4.78, 5) is 7.50. The molecule has 0 atom stereocenters. The van der Waals surface area contributed by atoms with E-state index in [1.165, 1.54) is 0 Å². The Balaban J connectivity index is 2.16. The molecule has 18 heavy (non-hydrogen) atoms. The van der Waals surface area contributed by atoms with Crippen LogP contribution in [0.3, 0.4) is 0 Å². The zero-order chi connectivity index (χ0) is 12.7. The second-order valence-electron chi connectivity index (χ2n) is 4.19. The lowest BCUT2D eigenvalue weighted by molar-refractivity contribution is 0.392. The lowest BCUT2D eigenvalue weighted by Crippen LogP contribution is -2.02. The van der Waals surface area contributed by atoms with E-state index in [1.54, 1.807) is 6.20 Å². The van der Waals surface area contributed by atoms with Gasteiger partial charge < -0.3 is 9.51 Å². The first-order valence-electron chi connectivity index (χ1n) is 5.62. The van der Waals surface area contributed by atoms with Crippen LogP contribution in [0.5, 0.6) is 0 Å². The molecule has 3 aromatic rings. The average Bonchev–Trinajstić information content (AvgIpc) is 2.84. The quantitative estimate of drug-likeness (QED) is 0.720. The van der Waals surface area contributed by atoms with Crippen LogP contribution in [0.15, 0.2) is 22.9 Å². The maximum atomic E-state index is 5.33. The summed E-state index contributed by atoms with van der Waals surface area (Å²) in [6.45, 7) is 4.45. The van der Waals surface area contributed by atoms with Crippen LogP contribution in [0.4, 0.5) is 0 Å². The highest BCUT2D eigenvalue weighted by Gasteiger charge is 2.12. The Kier molecular flexibility index (Phi) is 2.52. The number of imidazole rings is 1. The van der Waals surface area contributed by atoms with E-state index in [4.69, 9.17) is 16.7 Å². The zero-order valence-corrected chi connectivity index (χ0v) is 10.9. The van der Waals surface area contributed by atoms with Crippen LogP contribution >= 0.6 is 12.2 Å². The van der Waals surface area contributed by atoms with E-state index in [1.807, 2.05) is 30.5 Å². The minimum atomic E-state index is 0.622. The number of aryl methyl sites for hydroxylation is 2. The molecule has 92 valence electrons. The summed E-state index contributed by atoms with van der Waals surface area (Å²) >= 11 is 5.33. The molecule has 0 saturated carbocycles. The van der Waals surface area contributed by atoms with Crippen molar-refractivity contribution in [3.8, 4) is 0 Å². The lowest BCUT2D eigenvalue weighted by atomic mass is 10.2. The Bertz CT molecular complexity index is 748. The summed E-state index contributed by atoms with van der Waals surface area (Å²) in [7, 11) is 0. The Morgan fingerprint density at radius 2 is 2.28 bits per heavy atom. The van der Waals surface area contributed by atoms with Crippen molar-refractivity contribution in [2.24, 2.45) is 0 Å². The first kappa shape index (κ1) is 11.2. The molecule has 0 saturated heterocycles. The number of nitrogens with one attached hydrogen (secondary N) is 1. The van der Waals surface area contributed by atoms with Crippen molar-refractivity contribution < 1.29 is 4.52 Å². The Labute approximate surface area is 108 Å². The number of pyridine rings is 1. The largest absolute Gasteiger partial charge is 0.361 e. The predicted molar refractivity (Wildman–Crippen MR) is 70.0 cm³/mol. The Morgan fingerprint density at radius 3 is 3.00 bits per heavy atom. The molecule has 6 heteroatoms. The van der Waals surface area contributed by atoms with Crippen molar-refractivity contribution in [3.63, 3.8) is 0 Å². The lowest BCUT2D eigenvalue weighted by Gasteiger charge is -2.02. The summed E-state index contributed by atoms with van der Waals surface area (Å²) in [5.74, 6) is 0.819. The van der Waals surface area contributed by atoms with Crippen molar-refractivity contribution in [3.05, 3.63) is 40.1 Å². The van der Waals surface area contributed by atoms with Crippen LogP contribution in [0.2, 0.25) is 0 Å². The molecule has 0 aliphatic rings. The molecule has 3 rings (SSSR count). The molecule has 0 amide bonds. The SMILES string of the molecule is Cc1noc(C)c1Cn1c(=S)[nH]c2cccnc21. The number of fused-ring (bicyclic) bond motifs is 1. The van der Waals surface area contributed by atoms with Gasteiger partial charge in [0.1, 0.15) is 5.76 Å². The van der Waals surface area contributed by atoms with E-state index in [2.05, 4.69) is 15.1 Å². The van der Waals surface area contributed by atoms with E-state index < -0.39 is 0 Å². The summed E-state index contributed by atoms with van der Waals surface area (Å²) in [6.07, 6.45) is 1.76. The van der Waals surface area contributed by atoms with Gasteiger partial charge in [-0.05, 0) is 38.2 Å². The van der Waals surface area contributed by atoms with Gasteiger partial charge in [0.15, 0.2) is 10.4 Å². The Morgan fingerprint density at radius 1 is 1.44 bits per heavy atom. The van der Waals surface area contributed by atoms with Gasteiger partial charge in [-0.1, -0.05) is 5.16 Å². The molecule has 0 aliphatic carbocycles.